The predicted octanol–water partition coefficient (Wildman–Crippen LogP) is 4.21. The van der Waals surface area contributed by atoms with Crippen LogP contribution in [0, 0.1) is 0 Å². The maximum absolute atomic E-state index is 12.9. The summed E-state index contributed by atoms with van der Waals surface area (Å²) in [6.07, 6.45) is 2.15. The first-order valence-electron chi connectivity index (χ1n) is 8.31. The number of carbonyl (C=O) groups excluding carboxylic acids is 1. The minimum Gasteiger partial charge on any atom is -0.336 e. The smallest absolute Gasteiger partial charge is 0.227 e. The van der Waals surface area contributed by atoms with Crippen LogP contribution in [0.25, 0.3) is 10.9 Å². The van der Waals surface area contributed by atoms with Crippen molar-refractivity contribution in [2.45, 2.75) is 32.9 Å². The van der Waals surface area contributed by atoms with Gasteiger partial charge in [-0.2, -0.15) is 0 Å². The molecule has 0 aliphatic carbocycles. The lowest BCUT2D eigenvalue weighted by Gasteiger charge is -2.27. The highest BCUT2D eigenvalue weighted by molar-refractivity contribution is 5.87. The molecular weight excluding hydrogens is 296 g/mol. The van der Waals surface area contributed by atoms with Crippen LogP contribution in [0.5, 0.6) is 0 Å². The van der Waals surface area contributed by atoms with Gasteiger partial charge >= 0.3 is 0 Å². The normalized spacial score (nSPS) is 11.0. The summed E-state index contributed by atoms with van der Waals surface area (Å²) >= 11 is 0. The quantitative estimate of drug-likeness (QED) is 0.706. The van der Waals surface area contributed by atoms with Crippen LogP contribution in [0.2, 0.25) is 0 Å². The SMILES string of the molecule is CC(C)N(Cc1ccccc1)C(=O)Cc1cccc2cccnc12. The summed E-state index contributed by atoms with van der Waals surface area (Å²) in [4.78, 5) is 19.3. The van der Waals surface area contributed by atoms with Gasteiger partial charge in [-0.15, -0.1) is 0 Å². The Labute approximate surface area is 143 Å². The number of rotatable bonds is 5. The Hall–Kier alpha value is -2.68. The second kappa shape index (κ2) is 7.26. The zero-order chi connectivity index (χ0) is 16.9. The number of fused-ring (bicyclic) bond motifs is 1. The highest BCUT2D eigenvalue weighted by Crippen LogP contribution is 2.18. The average molecular weight is 318 g/mol. The van der Waals surface area contributed by atoms with Crippen LogP contribution in [-0.4, -0.2) is 21.8 Å². The zero-order valence-electron chi connectivity index (χ0n) is 14.1. The van der Waals surface area contributed by atoms with Gasteiger partial charge in [0.05, 0.1) is 11.9 Å². The van der Waals surface area contributed by atoms with Gasteiger partial charge in [0, 0.05) is 24.2 Å². The molecule has 24 heavy (non-hydrogen) atoms. The van der Waals surface area contributed by atoms with Crippen molar-refractivity contribution in [2.75, 3.05) is 0 Å². The number of carbonyl (C=O) groups is 1. The van der Waals surface area contributed by atoms with Crippen LogP contribution < -0.4 is 0 Å². The van der Waals surface area contributed by atoms with E-state index in [0.29, 0.717) is 13.0 Å². The molecular formula is C21H22N2O. The first kappa shape index (κ1) is 16.2. The molecule has 1 heterocycles. The summed E-state index contributed by atoms with van der Waals surface area (Å²) in [5, 5.41) is 1.07. The molecule has 2 aromatic carbocycles. The Bertz CT molecular complexity index is 822. The fourth-order valence-corrected chi connectivity index (χ4v) is 2.91. The van der Waals surface area contributed by atoms with Crippen molar-refractivity contribution in [1.29, 1.82) is 0 Å². The molecule has 0 unspecified atom stereocenters. The standard InChI is InChI=1S/C21H22N2O/c1-16(2)23(15-17-8-4-3-5-9-17)20(24)14-19-11-6-10-18-12-7-13-22-21(18)19/h3-13,16H,14-15H2,1-2H3. The summed E-state index contributed by atoms with van der Waals surface area (Å²) < 4.78 is 0. The monoisotopic (exact) mass is 318 g/mol. The minimum atomic E-state index is 0.131. The van der Waals surface area contributed by atoms with E-state index in [9.17, 15) is 4.79 Å². The Morgan fingerprint density at radius 2 is 1.75 bits per heavy atom. The van der Waals surface area contributed by atoms with E-state index >= 15 is 0 Å². The van der Waals surface area contributed by atoms with E-state index in [0.717, 1.165) is 22.0 Å². The third-order valence-electron chi connectivity index (χ3n) is 4.20. The van der Waals surface area contributed by atoms with E-state index in [-0.39, 0.29) is 11.9 Å². The van der Waals surface area contributed by atoms with Gasteiger partial charge in [-0.05, 0) is 31.0 Å². The average Bonchev–Trinajstić information content (AvgIpc) is 2.60. The summed E-state index contributed by atoms with van der Waals surface area (Å²) in [5.74, 6) is 0.131. The molecule has 1 amide bonds. The Balaban J connectivity index is 1.83. The molecule has 3 nitrogen and oxygen atoms in total. The first-order valence-corrected chi connectivity index (χ1v) is 8.31. The maximum atomic E-state index is 12.9. The van der Waals surface area contributed by atoms with Crippen LogP contribution in [0.3, 0.4) is 0 Å². The topological polar surface area (TPSA) is 33.2 Å². The van der Waals surface area contributed by atoms with Gasteiger partial charge in [-0.25, -0.2) is 0 Å². The highest BCUT2D eigenvalue weighted by atomic mass is 16.2. The van der Waals surface area contributed by atoms with E-state index < -0.39 is 0 Å². The summed E-state index contributed by atoms with van der Waals surface area (Å²) in [6.45, 7) is 4.75. The number of pyridine rings is 1. The Morgan fingerprint density at radius 3 is 2.50 bits per heavy atom. The molecule has 3 aromatic rings. The molecule has 0 N–H and O–H groups in total. The highest BCUT2D eigenvalue weighted by Gasteiger charge is 2.18. The van der Waals surface area contributed by atoms with E-state index in [4.69, 9.17) is 0 Å². The number of para-hydroxylation sites is 1. The fraction of sp³-hybridized carbons (Fsp3) is 0.238. The number of nitrogens with zero attached hydrogens (tertiary/aromatic N) is 2. The van der Waals surface area contributed by atoms with Crippen LogP contribution in [0.1, 0.15) is 25.0 Å². The molecule has 122 valence electrons. The van der Waals surface area contributed by atoms with Crippen molar-refractivity contribution in [3.63, 3.8) is 0 Å². The van der Waals surface area contributed by atoms with Gasteiger partial charge in [0.1, 0.15) is 0 Å². The molecule has 0 radical (unpaired) electrons. The summed E-state index contributed by atoms with van der Waals surface area (Å²) in [7, 11) is 0. The van der Waals surface area contributed by atoms with Gasteiger partial charge in [0.25, 0.3) is 0 Å². The second-order valence-corrected chi connectivity index (χ2v) is 6.27. The largest absolute Gasteiger partial charge is 0.336 e. The van der Waals surface area contributed by atoms with Crippen molar-refractivity contribution in [3.05, 3.63) is 78.0 Å². The lowest BCUT2D eigenvalue weighted by molar-refractivity contribution is -0.132. The molecule has 0 fully saturated rings. The molecule has 0 aliphatic heterocycles. The van der Waals surface area contributed by atoms with Crippen LogP contribution in [-0.2, 0) is 17.8 Å². The van der Waals surface area contributed by atoms with Gasteiger partial charge < -0.3 is 4.90 Å². The van der Waals surface area contributed by atoms with Crippen LogP contribution >= 0.6 is 0 Å². The van der Waals surface area contributed by atoms with Gasteiger partial charge in [-0.1, -0.05) is 54.6 Å². The minimum absolute atomic E-state index is 0.131. The molecule has 3 heteroatoms. The number of amides is 1. The zero-order valence-corrected chi connectivity index (χ0v) is 14.1. The molecule has 3 rings (SSSR count). The molecule has 0 atom stereocenters. The Kier molecular flexibility index (Phi) is 4.90. The molecule has 0 bridgehead atoms. The van der Waals surface area contributed by atoms with Crippen LogP contribution in [0.15, 0.2) is 66.9 Å². The van der Waals surface area contributed by atoms with E-state index in [2.05, 4.69) is 31.0 Å². The second-order valence-electron chi connectivity index (χ2n) is 6.27. The first-order chi connectivity index (χ1) is 11.6. The molecule has 0 aliphatic rings. The van der Waals surface area contributed by atoms with Crippen molar-refractivity contribution in [3.8, 4) is 0 Å². The summed E-state index contributed by atoms with van der Waals surface area (Å²) in [5.41, 5.74) is 3.05. The van der Waals surface area contributed by atoms with Gasteiger partial charge in [0.2, 0.25) is 5.91 Å². The fourth-order valence-electron chi connectivity index (χ4n) is 2.91. The van der Waals surface area contributed by atoms with E-state index in [1.807, 2.05) is 53.4 Å². The number of hydrogen-bond donors (Lipinski definition) is 0. The summed E-state index contributed by atoms with van der Waals surface area (Å²) in [6, 6.07) is 20.2. The van der Waals surface area contributed by atoms with Crippen molar-refractivity contribution < 1.29 is 4.79 Å². The van der Waals surface area contributed by atoms with Crippen LogP contribution in [0.4, 0.5) is 0 Å². The van der Waals surface area contributed by atoms with Crippen molar-refractivity contribution >= 4 is 16.8 Å². The third-order valence-corrected chi connectivity index (χ3v) is 4.20. The van der Waals surface area contributed by atoms with E-state index in [1.165, 1.54) is 0 Å². The predicted molar refractivity (Wildman–Crippen MR) is 97.6 cm³/mol. The number of benzene rings is 2. The van der Waals surface area contributed by atoms with Gasteiger partial charge in [-0.3, -0.25) is 9.78 Å². The lowest BCUT2D eigenvalue weighted by atomic mass is 10.1. The third kappa shape index (κ3) is 3.62. The Morgan fingerprint density at radius 1 is 1.00 bits per heavy atom. The van der Waals surface area contributed by atoms with Gasteiger partial charge in [0.15, 0.2) is 0 Å². The lowest BCUT2D eigenvalue weighted by Crippen LogP contribution is -2.37. The molecule has 0 saturated carbocycles. The molecule has 0 saturated heterocycles. The molecule has 0 spiro atoms. The number of hydrogen-bond acceptors (Lipinski definition) is 2. The van der Waals surface area contributed by atoms with Crippen molar-refractivity contribution in [1.82, 2.24) is 9.88 Å². The van der Waals surface area contributed by atoms with E-state index in [1.54, 1.807) is 6.20 Å². The van der Waals surface area contributed by atoms with Crippen molar-refractivity contribution in [2.24, 2.45) is 0 Å². The maximum Gasteiger partial charge on any atom is 0.227 e. The number of aromatic nitrogens is 1. The molecule has 1 aromatic heterocycles.